The van der Waals surface area contributed by atoms with Crippen molar-refractivity contribution in [3.8, 4) is 0 Å². The van der Waals surface area contributed by atoms with E-state index in [4.69, 9.17) is 0 Å². The van der Waals surface area contributed by atoms with E-state index in [2.05, 4.69) is 15.5 Å². The van der Waals surface area contributed by atoms with Gasteiger partial charge in [-0.25, -0.2) is 0 Å². The molecule has 0 radical (unpaired) electrons. The van der Waals surface area contributed by atoms with E-state index in [1.54, 1.807) is 5.51 Å². The summed E-state index contributed by atoms with van der Waals surface area (Å²) in [6, 6.07) is 0. The van der Waals surface area contributed by atoms with Crippen LogP contribution in [0.25, 0.3) is 0 Å². The van der Waals surface area contributed by atoms with Crippen molar-refractivity contribution in [2.45, 2.75) is 32.6 Å². The van der Waals surface area contributed by atoms with E-state index >= 15 is 0 Å². The second-order valence-corrected chi connectivity index (χ2v) is 5.47. The molecule has 1 aromatic rings. The molecule has 7 heteroatoms. The molecule has 1 N–H and O–H groups in total. The first-order chi connectivity index (χ1) is 9.20. The van der Waals surface area contributed by atoms with Gasteiger partial charge >= 0.3 is 0 Å². The number of anilines is 1. The third kappa shape index (κ3) is 3.73. The van der Waals surface area contributed by atoms with E-state index in [0.29, 0.717) is 24.6 Å². The minimum Gasteiger partial charge on any atom is -0.343 e. The maximum Gasteiger partial charge on any atom is 0.229 e. The molecule has 0 atom stereocenters. The molecule has 2 heterocycles. The number of rotatable bonds is 4. The van der Waals surface area contributed by atoms with Gasteiger partial charge in [-0.1, -0.05) is 18.3 Å². The Morgan fingerprint density at radius 2 is 2.21 bits per heavy atom. The molecular weight excluding hydrogens is 264 g/mol. The fourth-order valence-corrected chi connectivity index (χ4v) is 2.65. The number of carbonyl (C=O) groups excluding carboxylic acids is 2. The number of nitrogens with one attached hydrogen (secondary N) is 1. The van der Waals surface area contributed by atoms with Gasteiger partial charge in [-0.15, -0.1) is 10.2 Å². The van der Waals surface area contributed by atoms with Gasteiger partial charge in [0.05, 0.1) is 0 Å². The van der Waals surface area contributed by atoms with Gasteiger partial charge in [-0.2, -0.15) is 0 Å². The average Bonchev–Trinajstić information content (AvgIpc) is 2.92. The van der Waals surface area contributed by atoms with Crippen LogP contribution in [-0.2, 0) is 9.59 Å². The van der Waals surface area contributed by atoms with E-state index in [9.17, 15) is 9.59 Å². The predicted molar refractivity (Wildman–Crippen MR) is 72.8 cm³/mol. The highest BCUT2D eigenvalue weighted by Crippen LogP contribution is 2.20. The summed E-state index contributed by atoms with van der Waals surface area (Å²) in [5, 5.41) is 10.8. The van der Waals surface area contributed by atoms with Crippen LogP contribution in [0, 0.1) is 5.92 Å². The molecule has 0 bridgehead atoms. The van der Waals surface area contributed by atoms with Gasteiger partial charge in [-0.05, 0) is 19.3 Å². The second-order valence-electron chi connectivity index (χ2n) is 4.64. The first-order valence-electron chi connectivity index (χ1n) is 6.55. The fraction of sp³-hybridized carbons (Fsp3) is 0.667. The Bertz CT molecular complexity index is 427. The van der Waals surface area contributed by atoms with Crippen LogP contribution in [0.1, 0.15) is 32.6 Å². The van der Waals surface area contributed by atoms with Crippen molar-refractivity contribution in [2.75, 3.05) is 18.4 Å². The molecular formula is C12H18N4O2S. The zero-order chi connectivity index (χ0) is 13.7. The third-order valence-corrected chi connectivity index (χ3v) is 3.88. The van der Waals surface area contributed by atoms with Crippen molar-refractivity contribution in [3.05, 3.63) is 5.51 Å². The maximum absolute atomic E-state index is 12.0. The number of aromatic nitrogens is 2. The summed E-state index contributed by atoms with van der Waals surface area (Å²) < 4.78 is 0. The molecule has 0 saturated carbocycles. The fourth-order valence-electron chi connectivity index (χ4n) is 2.20. The summed E-state index contributed by atoms with van der Waals surface area (Å²) in [6.07, 6.45) is 2.91. The van der Waals surface area contributed by atoms with Crippen LogP contribution in [0.5, 0.6) is 0 Å². The normalized spacial score (nSPS) is 16.4. The van der Waals surface area contributed by atoms with E-state index in [1.807, 2.05) is 11.8 Å². The summed E-state index contributed by atoms with van der Waals surface area (Å²) in [6.45, 7) is 3.35. The number of likely N-dealkylation sites (tertiary alicyclic amines) is 1. The number of hydrogen-bond donors (Lipinski definition) is 1. The van der Waals surface area contributed by atoms with E-state index < -0.39 is 0 Å². The second kappa shape index (κ2) is 6.60. The lowest BCUT2D eigenvalue weighted by molar-refractivity contribution is -0.134. The zero-order valence-corrected chi connectivity index (χ0v) is 11.8. The van der Waals surface area contributed by atoms with Gasteiger partial charge in [0.15, 0.2) is 0 Å². The van der Waals surface area contributed by atoms with E-state index in [1.165, 1.54) is 11.3 Å². The topological polar surface area (TPSA) is 75.2 Å². The van der Waals surface area contributed by atoms with Crippen LogP contribution in [0.3, 0.4) is 0 Å². The lowest BCUT2D eigenvalue weighted by Crippen LogP contribution is -2.41. The zero-order valence-electron chi connectivity index (χ0n) is 11.0. The van der Waals surface area contributed by atoms with Crippen molar-refractivity contribution in [1.82, 2.24) is 15.1 Å². The maximum atomic E-state index is 12.0. The predicted octanol–water partition coefficient (Wildman–Crippen LogP) is 1.52. The molecule has 2 amide bonds. The first kappa shape index (κ1) is 13.9. The van der Waals surface area contributed by atoms with Crippen molar-refractivity contribution in [2.24, 2.45) is 5.92 Å². The van der Waals surface area contributed by atoms with Crippen LogP contribution >= 0.6 is 11.3 Å². The minimum absolute atomic E-state index is 0.0145. The average molecular weight is 282 g/mol. The summed E-state index contributed by atoms with van der Waals surface area (Å²) in [5.41, 5.74) is 1.58. The summed E-state index contributed by atoms with van der Waals surface area (Å²) in [5.74, 6) is 0.152. The molecule has 0 unspecified atom stereocenters. The Morgan fingerprint density at radius 3 is 2.79 bits per heavy atom. The molecule has 0 aromatic carbocycles. The largest absolute Gasteiger partial charge is 0.343 e. The highest BCUT2D eigenvalue weighted by atomic mass is 32.1. The van der Waals surface area contributed by atoms with Crippen molar-refractivity contribution in [3.63, 3.8) is 0 Å². The Hall–Kier alpha value is -1.50. The molecule has 104 valence electrons. The Labute approximate surface area is 116 Å². The molecule has 6 nitrogen and oxygen atoms in total. The van der Waals surface area contributed by atoms with Crippen LogP contribution in [0.15, 0.2) is 5.51 Å². The Morgan fingerprint density at radius 1 is 1.47 bits per heavy atom. The molecule has 0 spiro atoms. The number of hydrogen-bond acceptors (Lipinski definition) is 5. The highest BCUT2D eigenvalue weighted by molar-refractivity contribution is 7.13. The van der Waals surface area contributed by atoms with Crippen molar-refractivity contribution in [1.29, 1.82) is 0 Å². The van der Waals surface area contributed by atoms with Gasteiger partial charge in [0.2, 0.25) is 16.9 Å². The van der Waals surface area contributed by atoms with Gasteiger partial charge in [0.25, 0.3) is 0 Å². The third-order valence-electron chi connectivity index (χ3n) is 3.27. The molecule has 1 fully saturated rings. The summed E-state index contributed by atoms with van der Waals surface area (Å²) in [7, 11) is 0. The Kier molecular flexibility index (Phi) is 4.84. The lowest BCUT2D eigenvalue weighted by atomic mass is 9.96. The number of amides is 2. The van der Waals surface area contributed by atoms with E-state index in [-0.39, 0.29) is 17.7 Å². The van der Waals surface area contributed by atoms with Crippen LogP contribution in [-0.4, -0.2) is 40.0 Å². The van der Waals surface area contributed by atoms with Gasteiger partial charge in [-0.3, -0.25) is 9.59 Å². The van der Waals surface area contributed by atoms with Crippen molar-refractivity contribution < 1.29 is 9.59 Å². The van der Waals surface area contributed by atoms with Crippen LogP contribution in [0.4, 0.5) is 5.13 Å². The Balaban J connectivity index is 1.79. The smallest absolute Gasteiger partial charge is 0.229 e. The minimum atomic E-state index is -0.0328. The molecule has 19 heavy (non-hydrogen) atoms. The molecule has 1 aliphatic heterocycles. The number of carbonyl (C=O) groups is 2. The standard InChI is InChI=1S/C12H18N4O2S/c1-2-3-10(17)16-6-4-9(5-7-16)11(18)14-12-15-13-8-19-12/h8-9H,2-7H2,1H3,(H,14,15,18). The van der Waals surface area contributed by atoms with Gasteiger partial charge < -0.3 is 10.2 Å². The van der Waals surface area contributed by atoms with Gasteiger partial charge in [0.1, 0.15) is 5.51 Å². The SMILES string of the molecule is CCCC(=O)N1CCC(C(=O)Nc2nncs2)CC1. The quantitative estimate of drug-likeness (QED) is 0.908. The summed E-state index contributed by atoms with van der Waals surface area (Å²) >= 11 is 1.31. The number of piperidine rings is 1. The van der Waals surface area contributed by atoms with Crippen LogP contribution in [0.2, 0.25) is 0 Å². The van der Waals surface area contributed by atoms with Crippen LogP contribution < -0.4 is 5.32 Å². The highest BCUT2D eigenvalue weighted by Gasteiger charge is 2.27. The molecule has 1 aromatic heterocycles. The van der Waals surface area contributed by atoms with Gasteiger partial charge in [0, 0.05) is 25.4 Å². The lowest BCUT2D eigenvalue weighted by Gasteiger charge is -2.31. The molecule has 2 rings (SSSR count). The first-order valence-corrected chi connectivity index (χ1v) is 7.43. The molecule has 1 aliphatic rings. The molecule has 0 aliphatic carbocycles. The summed E-state index contributed by atoms with van der Waals surface area (Å²) in [4.78, 5) is 25.6. The monoisotopic (exact) mass is 282 g/mol. The van der Waals surface area contributed by atoms with Crippen molar-refractivity contribution >= 4 is 28.3 Å². The molecule has 1 saturated heterocycles. The number of nitrogens with zero attached hydrogens (tertiary/aromatic N) is 3. The van der Waals surface area contributed by atoms with E-state index in [0.717, 1.165) is 19.3 Å².